The van der Waals surface area contributed by atoms with Gasteiger partial charge in [0, 0.05) is 13.1 Å². The monoisotopic (exact) mass is 245 g/mol. The summed E-state index contributed by atoms with van der Waals surface area (Å²) in [4.78, 5) is 32.1. The van der Waals surface area contributed by atoms with Crippen molar-refractivity contribution in [3.05, 3.63) is 0 Å². The Morgan fingerprint density at radius 3 is 2.71 bits per heavy atom. The van der Waals surface area contributed by atoms with Gasteiger partial charge < -0.3 is 20.9 Å². The molecule has 8 heteroatoms. The van der Waals surface area contributed by atoms with Crippen molar-refractivity contribution in [2.24, 2.45) is 11.7 Å². The van der Waals surface area contributed by atoms with Gasteiger partial charge in [-0.15, -0.1) is 0 Å². The number of nitrogens with two attached hydrogens (primary N) is 1. The average Bonchev–Trinajstić information content (AvgIpc) is 2.26. The van der Waals surface area contributed by atoms with Crippen LogP contribution >= 0.6 is 0 Å². The number of carboxylic acid groups (broad SMARTS) is 1. The second kappa shape index (κ2) is 6.16. The fourth-order valence-electron chi connectivity index (χ4n) is 1.58. The summed E-state index contributed by atoms with van der Waals surface area (Å²) in [5.41, 5.74) is 4.75. The molecule has 1 aliphatic heterocycles. The van der Waals surface area contributed by atoms with Gasteiger partial charge in [-0.05, 0) is 6.42 Å². The van der Waals surface area contributed by atoms with Gasteiger partial charge in [0.1, 0.15) is 6.61 Å². The highest BCUT2D eigenvalue weighted by molar-refractivity contribution is 5.94. The molecule has 96 valence electrons. The van der Waals surface area contributed by atoms with Gasteiger partial charge in [0.25, 0.3) is 5.91 Å². The minimum absolute atomic E-state index is 0.318. The molecular weight excluding hydrogens is 230 g/mol. The van der Waals surface area contributed by atoms with Gasteiger partial charge in [0.2, 0.25) is 0 Å². The standard InChI is InChI=1S/C9H15N3O5/c10-9(16)12-7(13)4-17-6-1-5(8(14)15)2-11-3-6/h5-6,11H,1-4H2,(H,14,15)(H3,10,12,13,16). The van der Waals surface area contributed by atoms with Crippen LogP contribution in [0, 0.1) is 5.92 Å². The number of carbonyl (C=O) groups excluding carboxylic acids is 2. The molecule has 0 saturated carbocycles. The number of imide groups is 1. The Morgan fingerprint density at radius 1 is 1.41 bits per heavy atom. The van der Waals surface area contributed by atoms with E-state index in [1.807, 2.05) is 5.32 Å². The maximum absolute atomic E-state index is 11.0. The number of ether oxygens (including phenoxy) is 1. The van der Waals surface area contributed by atoms with Crippen molar-refractivity contribution in [2.75, 3.05) is 19.7 Å². The lowest BCUT2D eigenvalue weighted by Gasteiger charge is -2.27. The van der Waals surface area contributed by atoms with E-state index in [1.165, 1.54) is 0 Å². The molecule has 0 spiro atoms. The minimum atomic E-state index is -0.941. The lowest BCUT2D eigenvalue weighted by atomic mass is 9.98. The lowest BCUT2D eigenvalue weighted by molar-refractivity contribution is -0.144. The van der Waals surface area contributed by atoms with Crippen molar-refractivity contribution in [1.82, 2.24) is 10.6 Å². The Balaban J connectivity index is 2.29. The molecular formula is C9H15N3O5. The van der Waals surface area contributed by atoms with E-state index in [0.717, 1.165) is 0 Å². The molecule has 3 amide bonds. The Kier molecular flexibility index (Phi) is 4.85. The zero-order valence-electron chi connectivity index (χ0n) is 9.14. The Labute approximate surface area is 97.5 Å². The molecule has 8 nitrogen and oxygen atoms in total. The summed E-state index contributed by atoms with van der Waals surface area (Å²) in [5, 5.41) is 13.6. The number of urea groups is 1. The molecule has 0 aromatic heterocycles. The topological polar surface area (TPSA) is 131 Å². The van der Waals surface area contributed by atoms with Crippen LogP contribution in [0.3, 0.4) is 0 Å². The quantitative estimate of drug-likeness (QED) is 0.465. The maximum atomic E-state index is 11.0. The van der Waals surface area contributed by atoms with E-state index >= 15 is 0 Å². The van der Waals surface area contributed by atoms with Crippen LogP contribution in [0.2, 0.25) is 0 Å². The third-order valence-electron chi connectivity index (χ3n) is 2.37. The lowest BCUT2D eigenvalue weighted by Crippen LogP contribution is -2.45. The normalized spacial score (nSPS) is 24.0. The first kappa shape index (κ1) is 13.4. The maximum Gasteiger partial charge on any atom is 0.318 e. The third kappa shape index (κ3) is 4.79. The summed E-state index contributed by atoms with van der Waals surface area (Å²) in [6, 6.07) is -0.941. The Morgan fingerprint density at radius 2 is 2.12 bits per heavy atom. The molecule has 1 fully saturated rings. The van der Waals surface area contributed by atoms with Crippen LogP contribution in [0.15, 0.2) is 0 Å². The fourth-order valence-corrected chi connectivity index (χ4v) is 1.58. The number of primary amides is 1. The summed E-state index contributed by atoms with van der Waals surface area (Å²) in [5.74, 6) is -2.06. The number of aliphatic carboxylic acids is 1. The van der Waals surface area contributed by atoms with Gasteiger partial charge in [-0.1, -0.05) is 0 Å². The van der Waals surface area contributed by atoms with Crippen LogP contribution in [0.1, 0.15) is 6.42 Å². The molecule has 1 rings (SSSR count). The highest BCUT2D eigenvalue weighted by Gasteiger charge is 2.27. The predicted molar refractivity (Wildman–Crippen MR) is 56.1 cm³/mol. The van der Waals surface area contributed by atoms with Crippen LogP contribution in [0.4, 0.5) is 4.79 Å². The molecule has 0 aromatic rings. The van der Waals surface area contributed by atoms with Crippen LogP contribution in [-0.4, -0.2) is 48.8 Å². The fraction of sp³-hybridized carbons (Fsp3) is 0.667. The van der Waals surface area contributed by atoms with Crippen LogP contribution < -0.4 is 16.4 Å². The number of nitrogens with one attached hydrogen (secondary N) is 2. The van der Waals surface area contributed by atoms with Crippen LogP contribution in [-0.2, 0) is 14.3 Å². The summed E-state index contributed by atoms with van der Waals surface area (Å²) in [6.07, 6.45) is -0.0184. The third-order valence-corrected chi connectivity index (χ3v) is 2.37. The van der Waals surface area contributed by atoms with Gasteiger partial charge in [-0.25, -0.2) is 4.79 Å². The molecule has 0 aromatic carbocycles. The molecule has 1 aliphatic rings. The highest BCUT2D eigenvalue weighted by atomic mass is 16.5. The molecule has 2 atom stereocenters. The van der Waals surface area contributed by atoms with Crippen molar-refractivity contribution in [2.45, 2.75) is 12.5 Å². The molecule has 1 heterocycles. The summed E-state index contributed by atoms with van der Waals surface area (Å²) in [6.45, 7) is 0.554. The number of carboxylic acids is 1. The molecule has 1 saturated heterocycles. The van der Waals surface area contributed by atoms with E-state index in [-0.39, 0.29) is 12.7 Å². The molecule has 0 radical (unpaired) electrons. The number of hydrogen-bond acceptors (Lipinski definition) is 5. The number of hydrogen-bond donors (Lipinski definition) is 4. The van der Waals surface area contributed by atoms with E-state index in [9.17, 15) is 14.4 Å². The first-order valence-electron chi connectivity index (χ1n) is 5.13. The second-order valence-corrected chi connectivity index (χ2v) is 3.77. The zero-order valence-corrected chi connectivity index (χ0v) is 9.14. The number of piperidine rings is 1. The van der Waals surface area contributed by atoms with Gasteiger partial charge in [-0.2, -0.15) is 0 Å². The van der Waals surface area contributed by atoms with Crippen molar-refractivity contribution >= 4 is 17.9 Å². The molecule has 0 aliphatic carbocycles. The van der Waals surface area contributed by atoms with E-state index < -0.39 is 23.8 Å². The smallest absolute Gasteiger partial charge is 0.318 e. The van der Waals surface area contributed by atoms with Crippen LogP contribution in [0.5, 0.6) is 0 Å². The van der Waals surface area contributed by atoms with Gasteiger partial charge in [-0.3, -0.25) is 14.9 Å². The van der Waals surface area contributed by atoms with Crippen molar-refractivity contribution in [1.29, 1.82) is 0 Å². The molecule has 17 heavy (non-hydrogen) atoms. The number of rotatable bonds is 4. The van der Waals surface area contributed by atoms with E-state index in [1.54, 1.807) is 0 Å². The van der Waals surface area contributed by atoms with Gasteiger partial charge in [0.15, 0.2) is 0 Å². The Bertz CT molecular complexity index is 320. The van der Waals surface area contributed by atoms with E-state index in [2.05, 4.69) is 5.32 Å². The predicted octanol–water partition coefficient (Wildman–Crippen LogP) is -1.74. The molecule has 2 unspecified atom stereocenters. The summed E-state index contributed by atoms with van der Waals surface area (Å²) in [7, 11) is 0. The van der Waals surface area contributed by atoms with E-state index in [0.29, 0.717) is 19.5 Å². The largest absolute Gasteiger partial charge is 0.481 e. The molecule has 5 N–H and O–H groups in total. The van der Waals surface area contributed by atoms with Crippen molar-refractivity contribution < 1.29 is 24.2 Å². The van der Waals surface area contributed by atoms with Crippen molar-refractivity contribution in [3.63, 3.8) is 0 Å². The van der Waals surface area contributed by atoms with Crippen molar-refractivity contribution in [3.8, 4) is 0 Å². The zero-order chi connectivity index (χ0) is 12.8. The van der Waals surface area contributed by atoms with Crippen LogP contribution in [0.25, 0.3) is 0 Å². The number of amides is 3. The van der Waals surface area contributed by atoms with Gasteiger partial charge in [0.05, 0.1) is 12.0 Å². The highest BCUT2D eigenvalue weighted by Crippen LogP contribution is 2.13. The minimum Gasteiger partial charge on any atom is -0.481 e. The Hall–Kier alpha value is -1.67. The SMILES string of the molecule is NC(=O)NC(=O)COC1CNCC(C(=O)O)C1. The number of carbonyl (C=O) groups is 3. The van der Waals surface area contributed by atoms with Gasteiger partial charge >= 0.3 is 12.0 Å². The first-order valence-corrected chi connectivity index (χ1v) is 5.13. The second-order valence-electron chi connectivity index (χ2n) is 3.77. The summed E-state index contributed by atoms with van der Waals surface area (Å²) < 4.78 is 5.18. The summed E-state index contributed by atoms with van der Waals surface area (Å²) >= 11 is 0. The first-order chi connectivity index (χ1) is 7.99. The van der Waals surface area contributed by atoms with E-state index in [4.69, 9.17) is 15.6 Å². The average molecular weight is 245 g/mol. The molecule has 0 bridgehead atoms.